The van der Waals surface area contributed by atoms with E-state index in [-0.39, 0.29) is 16.8 Å². The maximum Gasteiger partial charge on any atom is 0.240 e. The molecule has 2 aromatic carbocycles. The molecule has 0 heterocycles. The van der Waals surface area contributed by atoms with Crippen molar-refractivity contribution in [2.45, 2.75) is 25.3 Å². The summed E-state index contributed by atoms with van der Waals surface area (Å²) >= 11 is 0. The molecule has 0 saturated heterocycles. The number of methoxy groups -OCH3 is 1. The number of ether oxygens (including phenoxy) is 1. The van der Waals surface area contributed by atoms with Crippen LogP contribution in [-0.2, 0) is 16.6 Å². The number of hydrogen-bond donors (Lipinski definition) is 3. The second kappa shape index (κ2) is 9.38. The molecule has 8 heteroatoms. The quantitative estimate of drug-likeness (QED) is 0.474. The van der Waals surface area contributed by atoms with E-state index in [2.05, 4.69) is 15.0 Å². The maximum absolute atomic E-state index is 12.2. The van der Waals surface area contributed by atoms with Crippen LogP contribution in [0.2, 0.25) is 0 Å². The highest BCUT2D eigenvalue weighted by atomic mass is 32.2. The number of guanidine groups is 1. The Hall–Kier alpha value is -2.58. The lowest BCUT2D eigenvalue weighted by molar-refractivity contribution is 0.415. The number of benzene rings is 2. The molecule has 0 aliphatic carbocycles. The second-order valence-electron chi connectivity index (χ2n) is 6.45. The van der Waals surface area contributed by atoms with Crippen LogP contribution in [0.25, 0.3) is 0 Å². The van der Waals surface area contributed by atoms with Crippen molar-refractivity contribution in [3.63, 3.8) is 0 Å². The highest BCUT2D eigenvalue weighted by molar-refractivity contribution is 7.89. The normalized spacial score (nSPS) is 12.2. The van der Waals surface area contributed by atoms with Gasteiger partial charge in [0.05, 0.1) is 18.6 Å². The molecule has 0 saturated carbocycles. The van der Waals surface area contributed by atoms with Crippen LogP contribution in [0.1, 0.15) is 19.4 Å². The molecule has 0 spiro atoms. The van der Waals surface area contributed by atoms with Crippen LogP contribution in [0.4, 0.5) is 5.69 Å². The molecule has 4 N–H and O–H groups in total. The summed E-state index contributed by atoms with van der Waals surface area (Å²) in [6.07, 6.45) is 0. The van der Waals surface area contributed by atoms with Gasteiger partial charge in [0.15, 0.2) is 5.96 Å². The number of nitrogens with zero attached hydrogens (tertiary/aromatic N) is 1. The van der Waals surface area contributed by atoms with Crippen LogP contribution < -0.4 is 20.5 Å². The van der Waals surface area contributed by atoms with Crippen molar-refractivity contribution in [2.75, 3.05) is 19.0 Å². The van der Waals surface area contributed by atoms with Gasteiger partial charge in [0.1, 0.15) is 5.75 Å². The zero-order valence-electron chi connectivity index (χ0n) is 15.8. The average molecular weight is 391 g/mol. The molecule has 0 unspecified atom stereocenters. The largest absolute Gasteiger partial charge is 0.497 e. The fourth-order valence-electron chi connectivity index (χ4n) is 2.20. The highest BCUT2D eigenvalue weighted by Crippen LogP contribution is 2.16. The van der Waals surface area contributed by atoms with Gasteiger partial charge in [-0.15, -0.1) is 0 Å². The average Bonchev–Trinajstić information content (AvgIpc) is 2.65. The van der Waals surface area contributed by atoms with Gasteiger partial charge < -0.3 is 15.8 Å². The molecule has 27 heavy (non-hydrogen) atoms. The van der Waals surface area contributed by atoms with E-state index in [0.29, 0.717) is 13.1 Å². The van der Waals surface area contributed by atoms with Crippen molar-refractivity contribution >= 4 is 21.7 Å². The zero-order valence-corrected chi connectivity index (χ0v) is 16.6. The van der Waals surface area contributed by atoms with E-state index in [0.717, 1.165) is 17.0 Å². The monoisotopic (exact) mass is 390 g/mol. The molecule has 0 fully saturated rings. The van der Waals surface area contributed by atoms with Crippen molar-refractivity contribution in [1.82, 2.24) is 4.72 Å². The lowest BCUT2D eigenvalue weighted by Crippen LogP contribution is -2.27. The zero-order chi connectivity index (χ0) is 19.9. The predicted octanol–water partition coefficient (Wildman–Crippen LogP) is 2.56. The number of anilines is 1. The Labute approximate surface area is 160 Å². The summed E-state index contributed by atoms with van der Waals surface area (Å²) in [5, 5.41) is 2.99. The predicted molar refractivity (Wildman–Crippen MR) is 108 cm³/mol. The van der Waals surface area contributed by atoms with Gasteiger partial charge in [-0.2, -0.15) is 0 Å². The van der Waals surface area contributed by atoms with E-state index in [1.165, 1.54) is 0 Å². The third-order valence-electron chi connectivity index (χ3n) is 3.69. The number of nitrogens with one attached hydrogen (secondary N) is 2. The number of rotatable bonds is 8. The van der Waals surface area contributed by atoms with Gasteiger partial charge >= 0.3 is 0 Å². The summed E-state index contributed by atoms with van der Waals surface area (Å²) in [5.41, 5.74) is 7.53. The van der Waals surface area contributed by atoms with Crippen LogP contribution in [0, 0.1) is 5.92 Å². The van der Waals surface area contributed by atoms with E-state index in [1.54, 1.807) is 31.4 Å². The van der Waals surface area contributed by atoms with Crippen molar-refractivity contribution in [3.05, 3.63) is 54.1 Å². The minimum absolute atomic E-state index is 0.235. The Balaban J connectivity index is 1.98. The number of aliphatic imine (C=N–C) groups is 1. The molecule has 0 radical (unpaired) electrons. The van der Waals surface area contributed by atoms with E-state index in [1.807, 2.05) is 38.1 Å². The van der Waals surface area contributed by atoms with Gasteiger partial charge in [-0.3, -0.25) is 0 Å². The second-order valence-corrected chi connectivity index (χ2v) is 8.22. The summed E-state index contributed by atoms with van der Waals surface area (Å²) in [4.78, 5) is 4.51. The minimum atomic E-state index is -3.49. The first-order valence-electron chi connectivity index (χ1n) is 8.60. The van der Waals surface area contributed by atoms with E-state index < -0.39 is 10.0 Å². The number of nitrogens with two attached hydrogens (primary N) is 1. The van der Waals surface area contributed by atoms with Gasteiger partial charge in [0, 0.05) is 18.3 Å². The van der Waals surface area contributed by atoms with Crippen LogP contribution in [0.3, 0.4) is 0 Å². The van der Waals surface area contributed by atoms with Crippen molar-refractivity contribution in [1.29, 1.82) is 0 Å². The van der Waals surface area contributed by atoms with Gasteiger partial charge in [-0.1, -0.05) is 32.0 Å². The molecule has 2 rings (SSSR count). The minimum Gasteiger partial charge on any atom is -0.497 e. The summed E-state index contributed by atoms with van der Waals surface area (Å²) in [7, 11) is -1.89. The fraction of sp³-hybridized carbons (Fsp3) is 0.316. The van der Waals surface area contributed by atoms with Crippen LogP contribution in [-0.4, -0.2) is 28.0 Å². The van der Waals surface area contributed by atoms with E-state index in [4.69, 9.17) is 10.5 Å². The summed E-state index contributed by atoms with van der Waals surface area (Å²) < 4.78 is 32.1. The Morgan fingerprint density at radius 3 is 2.52 bits per heavy atom. The van der Waals surface area contributed by atoms with Crippen molar-refractivity contribution < 1.29 is 13.2 Å². The molecule has 0 atom stereocenters. The number of hydrogen-bond acceptors (Lipinski definition) is 4. The molecule has 0 amide bonds. The first-order valence-corrected chi connectivity index (χ1v) is 10.1. The molecule has 0 aromatic heterocycles. The lowest BCUT2D eigenvalue weighted by Gasteiger charge is -2.09. The van der Waals surface area contributed by atoms with E-state index in [9.17, 15) is 8.42 Å². The smallest absolute Gasteiger partial charge is 0.240 e. The third kappa shape index (κ3) is 6.58. The lowest BCUT2D eigenvalue weighted by atomic mass is 10.2. The molecular formula is C19H26N4O3S. The first kappa shape index (κ1) is 20.7. The fourth-order valence-corrected chi connectivity index (χ4v) is 3.41. The summed E-state index contributed by atoms with van der Waals surface area (Å²) in [6, 6.07) is 13.9. The Kier molecular flexibility index (Phi) is 7.20. The molecule has 0 bridgehead atoms. The Morgan fingerprint density at radius 1 is 1.19 bits per heavy atom. The molecule has 0 aliphatic heterocycles. The van der Waals surface area contributed by atoms with Gasteiger partial charge in [0.25, 0.3) is 0 Å². The van der Waals surface area contributed by atoms with Gasteiger partial charge in [-0.05, 0) is 35.7 Å². The Bertz CT molecular complexity index is 878. The summed E-state index contributed by atoms with van der Waals surface area (Å²) in [5.74, 6) is 1.22. The van der Waals surface area contributed by atoms with E-state index >= 15 is 0 Å². The van der Waals surface area contributed by atoms with Crippen LogP contribution >= 0.6 is 0 Å². The van der Waals surface area contributed by atoms with Crippen LogP contribution in [0.5, 0.6) is 5.75 Å². The first-order chi connectivity index (χ1) is 12.8. The SMILES string of the molecule is COc1cccc(NC(N)=NCc2ccc(S(=O)(=O)NCC(C)C)cc2)c1. The number of sulfonamides is 1. The van der Waals surface area contributed by atoms with Crippen LogP contribution in [0.15, 0.2) is 58.4 Å². The molecule has 146 valence electrons. The Morgan fingerprint density at radius 2 is 1.89 bits per heavy atom. The molecular weight excluding hydrogens is 364 g/mol. The third-order valence-corrected chi connectivity index (χ3v) is 5.13. The molecule has 2 aromatic rings. The van der Waals surface area contributed by atoms with Gasteiger partial charge in [-0.25, -0.2) is 18.1 Å². The topological polar surface area (TPSA) is 106 Å². The standard InChI is InChI=1S/C19H26N4O3S/c1-14(2)12-22-27(24,25)18-9-7-15(8-10-18)13-21-19(20)23-16-5-4-6-17(11-16)26-3/h4-11,14,22H,12-13H2,1-3H3,(H3,20,21,23). The van der Waals surface area contributed by atoms with Gasteiger partial charge in [0.2, 0.25) is 10.0 Å². The molecule has 0 aliphatic rings. The summed E-state index contributed by atoms with van der Waals surface area (Å²) in [6.45, 7) is 4.64. The van der Waals surface area contributed by atoms with Crippen molar-refractivity contribution in [2.24, 2.45) is 16.6 Å². The molecule has 7 nitrogen and oxygen atoms in total. The maximum atomic E-state index is 12.2. The highest BCUT2D eigenvalue weighted by Gasteiger charge is 2.13. The van der Waals surface area contributed by atoms with Crippen molar-refractivity contribution in [3.8, 4) is 5.75 Å².